The van der Waals surface area contributed by atoms with Crippen molar-refractivity contribution in [2.45, 2.75) is 6.92 Å². The molecule has 0 atom stereocenters. The Kier molecular flexibility index (Phi) is 6.67. The maximum Gasteiger partial charge on any atom is 0.323 e. The molecule has 182 valence electrons. The monoisotopic (exact) mass is 489 g/mol. The average molecular weight is 490 g/mol. The van der Waals surface area contributed by atoms with Gasteiger partial charge in [-0.3, -0.25) is 4.79 Å². The zero-order chi connectivity index (χ0) is 25.6. The van der Waals surface area contributed by atoms with Crippen molar-refractivity contribution in [2.24, 2.45) is 0 Å². The standard InChI is InChI=1S/C28H23N7O2/c1-18-23(16-24-26(30-18)35-25(17-29-24)31-20-8-4-2-5-9-20)34-27(36)19-12-14-22(15-13-19)33-28(37)32-21-10-6-3-7-11-21/h2-17H,1H3,(H,34,36)(H,30,31,35)(H2,32,33,37). The van der Waals surface area contributed by atoms with Crippen LogP contribution < -0.4 is 21.3 Å². The molecule has 0 aliphatic rings. The first-order valence-corrected chi connectivity index (χ1v) is 11.5. The molecule has 2 heterocycles. The number of urea groups is 1. The molecule has 0 aliphatic heterocycles. The minimum atomic E-state index is -0.371. The number of aryl methyl sites for hydroxylation is 1. The second-order valence-electron chi connectivity index (χ2n) is 8.19. The van der Waals surface area contributed by atoms with E-state index in [1.54, 1.807) is 55.6 Å². The van der Waals surface area contributed by atoms with Crippen molar-refractivity contribution in [3.8, 4) is 0 Å². The van der Waals surface area contributed by atoms with Crippen molar-refractivity contribution < 1.29 is 9.59 Å². The first-order chi connectivity index (χ1) is 18.0. The Labute approximate surface area is 213 Å². The Morgan fingerprint density at radius 2 is 1.32 bits per heavy atom. The van der Waals surface area contributed by atoms with Crippen LogP contribution in [0.5, 0.6) is 0 Å². The molecular weight excluding hydrogens is 466 g/mol. The average Bonchev–Trinajstić information content (AvgIpc) is 2.91. The largest absolute Gasteiger partial charge is 0.339 e. The number of fused-ring (bicyclic) bond motifs is 1. The van der Waals surface area contributed by atoms with Crippen molar-refractivity contribution >= 4 is 51.7 Å². The number of benzene rings is 3. The molecule has 3 amide bonds. The number of pyridine rings is 1. The third-order valence-electron chi connectivity index (χ3n) is 5.46. The minimum absolute atomic E-state index is 0.306. The highest BCUT2D eigenvalue weighted by molar-refractivity contribution is 6.06. The normalized spacial score (nSPS) is 10.5. The third-order valence-corrected chi connectivity index (χ3v) is 5.46. The fourth-order valence-corrected chi connectivity index (χ4v) is 3.60. The lowest BCUT2D eigenvalue weighted by Gasteiger charge is -2.11. The maximum atomic E-state index is 12.8. The van der Waals surface area contributed by atoms with Crippen LogP contribution in [0.25, 0.3) is 11.2 Å². The lowest BCUT2D eigenvalue weighted by molar-refractivity contribution is 0.102. The van der Waals surface area contributed by atoms with Crippen LogP contribution in [0.1, 0.15) is 16.1 Å². The summed E-state index contributed by atoms with van der Waals surface area (Å²) in [6, 6.07) is 26.8. The summed E-state index contributed by atoms with van der Waals surface area (Å²) in [7, 11) is 0. The molecule has 2 aromatic heterocycles. The van der Waals surface area contributed by atoms with E-state index in [-0.39, 0.29) is 11.9 Å². The Morgan fingerprint density at radius 3 is 2.00 bits per heavy atom. The first kappa shape index (κ1) is 23.4. The second kappa shape index (κ2) is 10.5. The highest BCUT2D eigenvalue weighted by Crippen LogP contribution is 2.22. The molecule has 3 aromatic carbocycles. The van der Waals surface area contributed by atoms with E-state index < -0.39 is 0 Å². The molecule has 0 fully saturated rings. The predicted molar refractivity (Wildman–Crippen MR) is 145 cm³/mol. The zero-order valence-corrected chi connectivity index (χ0v) is 19.9. The smallest absolute Gasteiger partial charge is 0.323 e. The summed E-state index contributed by atoms with van der Waals surface area (Å²) in [5.74, 6) is 0.272. The van der Waals surface area contributed by atoms with E-state index >= 15 is 0 Å². The number of rotatable bonds is 6. The number of amides is 3. The Balaban J connectivity index is 1.24. The van der Waals surface area contributed by atoms with Gasteiger partial charge in [0, 0.05) is 22.6 Å². The van der Waals surface area contributed by atoms with Gasteiger partial charge in [0.25, 0.3) is 5.91 Å². The summed E-state index contributed by atoms with van der Waals surface area (Å²) in [6.07, 6.45) is 1.62. The number of carbonyl (C=O) groups is 2. The summed E-state index contributed by atoms with van der Waals surface area (Å²) in [5, 5.41) is 11.6. The SMILES string of the molecule is Cc1nc2nc(Nc3ccccc3)cnc2cc1NC(=O)c1ccc(NC(=O)Nc2ccccc2)cc1. The Bertz CT molecular complexity index is 1560. The molecule has 9 heteroatoms. The van der Waals surface area contributed by atoms with Crippen LogP contribution in [-0.4, -0.2) is 26.9 Å². The number of nitrogens with zero attached hydrogens (tertiary/aromatic N) is 3. The van der Waals surface area contributed by atoms with Crippen molar-refractivity contribution in [2.75, 3.05) is 21.3 Å². The molecule has 0 radical (unpaired) electrons. The van der Waals surface area contributed by atoms with E-state index in [4.69, 9.17) is 0 Å². The summed E-state index contributed by atoms with van der Waals surface area (Å²) in [5.41, 5.74) is 4.76. The summed E-state index contributed by atoms with van der Waals surface area (Å²) in [6.45, 7) is 1.80. The van der Waals surface area contributed by atoms with Crippen molar-refractivity contribution in [3.63, 3.8) is 0 Å². The fourth-order valence-electron chi connectivity index (χ4n) is 3.60. The number of nitrogens with one attached hydrogen (secondary N) is 4. The van der Waals surface area contributed by atoms with Gasteiger partial charge in [0.1, 0.15) is 5.52 Å². The molecule has 0 unspecified atom stereocenters. The van der Waals surface area contributed by atoms with Gasteiger partial charge in [0.05, 0.1) is 17.6 Å². The highest BCUT2D eigenvalue weighted by Gasteiger charge is 2.12. The number of carbonyl (C=O) groups excluding carboxylic acids is 2. The lowest BCUT2D eigenvalue weighted by atomic mass is 10.2. The highest BCUT2D eigenvalue weighted by atomic mass is 16.2. The molecule has 0 aliphatic carbocycles. The number of hydrogen-bond donors (Lipinski definition) is 4. The van der Waals surface area contributed by atoms with Gasteiger partial charge >= 0.3 is 6.03 Å². The van der Waals surface area contributed by atoms with E-state index in [1.165, 1.54) is 0 Å². The van der Waals surface area contributed by atoms with Gasteiger partial charge < -0.3 is 21.3 Å². The van der Waals surface area contributed by atoms with E-state index in [0.717, 1.165) is 5.69 Å². The molecule has 0 bridgehead atoms. The number of para-hydroxylation sites is 2. The van der Waals surface area contributed by atoms with Crippen LogP contribution in [0.15, 0.2) is 97.2 Å². The fraction of sp³-hybridized carbons (Fsp3) is 0.0357. The molecule has 37 heavy (non-hydrogen) atoms. The second-order valence-corrected chi connectivity index (χ2v) is 8.19. The van der Waals surface area contributed by atoms with Crippen LogP contribution in [0.4, 0.5) is 33.4 Å². The van der Waals surface area contributed by atoms with Crippen molar-refractivity contribution in [1.29, 1.82) is 0 Å². The number of anilines is 5. The number of hydrogen-bond acceptors (Lipinski definition) is 6. The predicted octanol–water partition coefficient (Wildman–Crippen LogP) is 5.97. The topological polar surface area (TPSA) is 121 Å². The van der Waals surface area contributed by atoms with Crippen LogP contribution >= 0.6 is 0 Å². The zero-order valence-electron chi connectivity index (χ0n) is 19.9. The minimum Gasteiger partial charge on any atom is -0.339 e. The molecule has 0 spiro atoms. The van der Waals surface area contributed by atoms with Crippen LogP contribution in [-0.2, 0) is 0 Å². The van der Waals surface area contributed by atoms with Gasteiger partial charge in [-0.1, -0.05) is 36.4 Å². The van der Waals surface area contributed by atoms with Crippen LogP contribution in [0.3, 0.4) is 0 Å². The Morgan fingerprint density at radius 1 is 0.703 bits per heavy atom. The van der Waals surface area contributed by atoms with Gasteiger partial charge in [-0.15, -0.1) is 0 Å². The van der Waals surface area contributed by atoms with Crippen LogP contribution in [0, 0.1) is 6.92 Å². The van der Waals surface area contributed by atoms with Gasteiger partial charge in [-0.05, 0) is 61.5 Å². The van der Waals surface area contributed by atoms with Crippen molar-refractivity contribution in [3.05, 3.63) is 108 Å². The summed E-state index contributed by atoms with van der Waals surface area (Å²) >= 11 is 0. The van der Waals surface area contributed by atoms with E-state index in [1.807, 2.05) is 48.5 Å². The molecular formula is C28H23N7O2. The quantitative estimate of drug-likeness (QED) is 0.233. The molecule has 0 saturated carbocycles. The Hall–Kier alpha value is -5.31. The molecule has 9 nitrogen and oxygen atoms in total. The lowest BCUT2D eigenvalue weighted by Crippen LogP contribution is -2.19. The van der Waals surface area contributed by atoms with E-state index in [2.05, 4.69) is 36.2 Å². The van der Waals surface area contributed by atoms with Gasteiger partial charge in [-0.25, -0.2) is 19.7 Å². The van der Waals surface area contributed by atoms with Gasteiger partial charge in [-0.2, -0.15) is 0 Å². The summed E-state index contributed by atoms with van der Waals surface area (Å²) in [4.78, 5) is 38.5. The summed E-state index contributed by atoms with van der Waals surface area (Å²) < 4.78 is 0. The van der Waals surface area contributed by atoms with Gasteiger partial charge in [0.2, 0.25) is 0 Å². The van der Waals surface area contributed by atoms with Gasteiger partial charge in [0.15, 0.2) is 11.5 Å². The first-order valence-electron chi connectivity index (χ1n) is 11.5. The van der Waals surface area contributed by atoms with Crippen molar-refractivity contribution in [1.82, 2.24) is 15.0 Å². The molecule has 4 N–H and O–H groups in total. The van der Waals surface area contributed by atoms with E-state index in [0.29, 0.717) is 45.3 Å². The number of aromatic nitrogens is 3. The van der Waals surface area contributed by atoms with E-state index in [9.17, 15) is 9.59 Å². The third kappa shape index (κ3) is 5.85. The molecule has 5 rings (SSSR count). The van der Waals surface area contributed by atoms with Crippen LogP contribution in [0.2, 0.25) is 0 Å². The maximum absolute atomic E-state index is 12.8. The molecule has 0 saturated heterocycles. The molecule has 5 aromatic rings.